The molecule has 0 bridgehead atoms. The van der Waals surface area contributed by atoms with Crippen LogP contribution < -0.4 is 0 Å². The predicted octanol–water partition coefficient (Wildman–Crippen LogP) is 8.07. The van der Waals surface area contributed by atoms with Gasteiger partial charge in [-0.2, -0.15) is 0 Å². The van der Waals surface area contributed by atoms with Crippen LogP contribution in [0.4, 0.5) is 0 Å². The molecular weight excluding hydrogens is 569 g/mol. The van der Waals surface area contributed by atoms with Gasteiger partial charge in [-0.25, -0.2) is 4.57 Å². The number of unbranched alkanes of at least 4 members (excludes halogenated alkanes) is 11. The molecule has 0 fully saturated rings. The summed E-state index contributed by atoms with van der Waals surface area (Å²) in [6.45, 7) is 4.19. The number of phosphoric ester groups is 1. The Morgan fingerprint density at radius 1 is 0.721 bits per heavy atom. The van der Waals surface area contributed by atoms with E-state index in [0.29, 0.717) is 17.4 Å². The van der Waals surface area contributed by atoms with Crippen molar-refractivity contribution in [3.63, 3.8) is 0 Å². The molecule has 0 aliphatic heterocycles. The molecule has 0 amide bonds. The monoisotopic (exact) mass is 632 g/mol. The first-order valence-electron chi connectivity index (χ1n) is 16.6. The summed E-state index contributed by atoms with van der Waals surface area (Å²) >= 11 is 0. The van der Waals surface area contributed by atoms with Crippen LogP contribution in [0.1, 0.15) is 123 Å². The summed E-state index contributed by atoms with van der Waals surface area (Å²) < 4.78 is 33.9. The molecule has 1 unspecified atom stereocenters. The Hall–Kier alpha value is -1.51. The molecule has 252 valence electrons. The summed E-state index contributed by atoms with van der Waals surface area (Å²) in [4.78, 5) is 34.9. The van der Waals surface area contributed by atoms with Crippen molar-refractivity contribution < 1.29 is 42.1 Å². The van der Waals surface area contributed by atoms with E-state index in [1.807, 2.05) is 21.1 Å². The van der Waals surface area contributed by atoms with Gasteiger partial charge in [0.25, 0.3) is 0 Å². The number of rotatable bonds is 29. The first-order chi connectivity index (χ1) is 20.5. The van der Waals surface area contributed by atoms with Gasteiger partial charge < -0.3 is 18.9 Å². The lowest BCUT2D eigenvalue weighted by Gasteiger charge is -2.24. The largest absolute Gasteiger partial charge is 0.472 e. The van der Waals surface area contributed by atoms with Crippen LogP contribution in [-0.2, 0) is 32.7 Å². The van der Waals surface area contributed by atoms with Gasteiger partial charge in [0.1, 0.15) is 19.8 Å². The quantitative estimate of drug-likeness (QED) is 0.0290. The molecule has 43 heavy (non-hydrogen) atoms. The Kier molecular flexibility index (Phi) is 25.9. The first kappa shape index (κ1) is 41.5. The topological polar surface area (TPSA) is 108 Å². The van der Waals surface area contributed by atoms with E-state index in [-0.39, 0.29) is 32.0 Å². The summed E-state index contributed by atoms with van der Waals surface area (Å²) in [5.74, 6) is -0.831. The van der Waals surface area contributed by atoms with Crippen LogP contribution in [0.5, 0.6) is 0 Å². The fourth-order valence-electron chi connectivity index (χ4n) is 4.07. The third-order valence-electron chi connectivity index (χ3n) is 6.70. The van der Waals surface area contributed by atoms with Crippen molar-refractivity contribution in [2.75, 3.05) is 47.5 Å². The highest BCUT2D eigenvalue weighted by molar-refractivity contribution is 7.47. The number of ether oxygens (including phenoxy) is 2. The number of likely N-dealkylation sites (N-methyl/N-ethyl adjacent to an activating group) is 1. The van der Waals surface area contributed by atoms with Crippen LogP contribution in [0, 0.1) is 0 Å². The molecular formula is C33H63NO8P+. The lowest BCUT2D eigenvalue weighted by atomic mass is 10.1. The van der Waals surface area contributed by atoms with Crippen LogP contribution in [0.2, 0.25) is 0 Å². The minimum Gasteiger partial charge on any atom is -0.462 e. The van der Waals surface area contributed by atoms with E-state index in [1.165, 1.54) is 6.42 Å². The van der Waals surface area contributed by atoms with Gasteiger partial charge in [-0.15, -0.1) is 0 Å². The maximum atomic E-state index is 12.5. The summed E-state index contributed by atoms with van der Waals surface area (Å²) in [7, 11) is 1.46. The van der Waals surface area contributed by atoms with Crippen molar-refractivity contribution in [1.82, 2.24) is 0 Å². The van der Waals surface area contributed by atoms with Crippen molar-refractivity contribution in [1.29, 1.82) is 0 Å². The van der Waals surface area contributed by atoms with E-state index < -0.39 is 26.5 Å². The fraction of sp³-hybridized carbons (Fsp3) is 0.818. The maximum Gasteiger partial charge on any atom is 0.472 e. The molecule has 0 saturated carbocycles. The molecule has 0 aromatic rings. The predicted molar refractivity (Wildman–Crippen MR) is 174 cm³/mol. The van der Waals surface area contributed by atoms with E-state index in [9.17, 15) is 19.0 Å². The molecule has 9 nitrogen and oxygen atoms in total. The molecule has 0 radical (unpaired) electrons. The fourth-order valence-corrected chi connectivity index (χ4v) is 4.82. The molecule has 10 heteroatoms. The Morgan fingerprint density at radius 2 is 1.26 bits per heavy atom. The summed E-state index contributed by atoms with van der Waals surface area (Å²) in [6, 6.07) is 0. The smallest absolute Gasteiger partial charge is 0.462 e. The van der Waals surface area contributed by atoms with Gasteiger partial charge in [0.05, 0.1) is 27.7 Å². The van der Waals surface area contributed by atoms with E-state index in [4.69, 9.17) is 18.5 Å². The normalized spacial score (nSPS) is 14.3. The van der Waals surface area contributed by atoms with Gasteiger partial charge in [0.2, 0.25) is 0 Å². The summed E-state index contributed by atoms with van der Waals surface area (Å²) in [5, 5.41) is 0. The van der Waals surface area contributed by atoms with Gasteiger partial charge in [-0.1, -0.05) is 83.1 Å². The number of esters is 2. The Bertz CT molecular complexity index is 809. The SMILES string of the molecule is CC/C=C/CCCCCCCC(=O)O[C@H](COC(=O)CCCCCCC/C=C/CCC)COP(=O)(O)OCC[N+](C)(C)C. The number of allylic oxidation sites excluding steroid dienone is 4. The Labute approximate surface area is 262 Å². The lowest BCUT2D eigenvalue weighted by molar-refractivity contribution is -0.870. The lowest BCUT2D eigenvalue weighted by Crippen LogP contribution is -2.37. The van der Waals surface area contributed by atoms with Gasteiger partial charge in [0.15, 0.2) is 6.10 Å². The van der Waals surface area contributed by atoms with Gasteiger partial charge >= 0.3 is 19.8 Å². The minimum absolute atomic E-state index is 0.0289. The van der Waals surface area contributed by atoms with Gasteiger partial charge in [-0.3, -0.25) is 18.6 Å². The molecule has 0 aliphatic carbocycles. The average molecular weight is 633 g/mol. The molecule has 0 rings (SSSR count). The first-order valence-corrected chi connectivity index (χ1v) is 18.1. The van der Waals surface area contributed by atoms with E-state index in [0.717, 1.165) is 83.5 Å². The van der Waals surface area contributed by atoms with Crippen molar-refractivity contribution in [2.45, 2.75) is 129 Å². The summed E-state index contributed by atoms with van der Waals surface area (Å²) in [6.07, 6.45) is 23.9. The van der Waals surface area contributed by atoms with Gasteiger partial charge in [-0.05, 0) is 51.4 Å². The van der Waals surface area contributed by atoms with Crippen molar-refractivity contribution >= 4 is 19.8 Å². The number of carbonyl (C=O) groups is 2. The molecule has 2 atom stereocenters. The van der Waals surface area contributed by atoms with Crippen molar-refractivity contribution in [2.24, 2.45) is 0 Å². The second-order valence-electron chi connectivity index (χ2n) is 12.2. The molecule has 0 aliphatic rings. The number of nitrogens with zero attached hydrogens (tertiary/aromatic N) is 1. The van der Waals surface area contributed by atoms with Crippen LogP contribution in [-0.4, -0.2) is 74.9 Å². The van der Waals surface area contributed by atoms with Crippen LogP contribution in [0.3, 0.4) is 0 Å². The highest BCUT2D eigenvalue weighted by Gasteiger charge is 2.27. The van der Waals surface area contributed by atoms with E-state index in [2.05, 4.69) is 38.2 Å². The molecule has 0 aromatic carbocycles. The Morgan fingerprint density at radius 3 is 1.84 bits per heavy atom. The zero-order valence-electron chi connectivity index (χ0n) is 27.9. The highest BCUT2D eigenvalue weighted by Crippen LogP contribution is 2.43. The second kappa shape index (κ2) is 26.9. The van der Waals surface area contributed by atoms with Gasteiger partial charge in [0, 0.05) is 12.8 Å². The number of phosphoric acid groups is 1. The molecule has 0 heterocycles. The third kappa shape index (κ3) is 30.3. The van der Waals surface area contributed by atoms with Crippen molar-refractivity contribution in [3.05, 3.63) is 24.3 Å². The molecule has 1 N–H and O–H groups in total. The van der Waals surface area contributed by atoms with E-state index in [1.54, 1.807) is 0 Å². The number of carbonyl (C=O) groups excluding carboxylic acids is 2. The van der Waals surface area contributed by atoms with Crippen LogP contribution in [0.25, 0.3) is 0 Å². The maximum absolute atomic E-state index is 12.5. The minimum atomic E-state index is -4.36. The summed E-state index contributed by atoms with van der Waals surface area (Å²) in [5.41, 5.74) is 0. The molecule has 0 aromatic heterocycles. The van der Waals surface area contributed by atoms with Crippen LogP contribution >= 0.6 is 7.82 Å². The average Bonchev–Trinajstić information content (AvgIpc) is 2.93. The van der Waals surface area contributed by atoms with Crippen LogP contribution in [0.15, 0.2) is 24.3 Å². The zero-order chi connectivity index (χ0) is 32.2. The molecule has 0 spiro atoms. The van der Waals surface area contributed by atoms with E-state index >= 15 is 0 Å². The third-order valence-corrected chi connectivity index (χ3v) is 7.68. The number of quaternary nitrogens is 1. The number of hydrogen-bond acceptors (Lipinski definition) is 7. The Balaban J connectivity index is 4.54. The number of hydrogen-bond donors (Lipinski definition) is 1. The standard InChI is InChI=1S/C33H62NO8P/c1-6-8-10-12-14-16-18-19-21-23-25-32(35)39-29-31(30-41-43(37,38)40-28-27-34(3,4)5)42-33(36)26-24-22-20-17-15-13-11-9-7-2/h9-12,31H,6-8,13-30H2,1-5H3/p+1/b11-9+,12-10+/t31-/m1/s1. The molecule has 0 saturated heterocycles. The zero-order valence-corrected chi connectivity index (χ0v) is 28.8. The second-order valence-corrected chi connectivity index (χ2v) is 13.6. The highest BCUT2D eigenvalue weighted by atomic mass is 31.2. The van der Waals surface area contributed by atoms with Crippen molar-refractivity contribution in [3.8, 4) is 0 Å².